The van der Waals surface area contributed by atoms with Crippen LogP contribution in [0.25, 0.3) is 11.0 Å². The number of aromatic amines is 2. The van der Waals surface area contributed by atoms with Crippen molar-refractivity contribution in [3.63, 3.8) is 0 Å². The first-order valence-corrected chi connectivity index (χ1v) is 6.27. The summed E-state index contributed by atoms with van der Waals surface area (Å²) in [5.41, 5.74) is 3.19. The normalized spacial score (nSPS) is 11.1. The Bertz CT molecular complexity index is 888. The SMILES string of the molecule is Cc1cc2[nH]c(=O)c(=O)[nH]c2c(Cn2ccnc2)c1C. The molecular formula is C14H14N4O2. The maximum absolute atomic E-state index is 11.6. The van der Waals surface area contributed by atoms with Crippen molar-refractivity contribution in [3.05, 3.63) is 62.2 Å². The van der Waals surface area contributed by atoms with Gasteiger partial charge in [0.15, 0.2) is 0 Å². The second-order valence-electron chi connectivity index (χ2n) is 4.86. The van der Waals surface area contributed by atoms with Gasteiger partial charge in [0.1, 0.15) is 0 Å². The fourth-order valence-electron chi connectivity index (χ4n) is 2.34. The van der Waals surface area contributed by atoms with Gasteiger partial charge in [-0.15, -0.1) is 0 Å². The number of nitrogens with zero attached hydrogens (tertiary/aromatic N) is 2. The first-order chi connectivity index (χ1) is 9.56. The molecule has 3 rings (SSSR count). The third-order valence-electron chi connectivity index (χ3n) is 3.57. The van der Waals surface area contributed by atoms with Crippen LogP contribution >= 0.6 is 0 Å². The van der Waals surface area contributed by atoms with Gasteiger partial charge >= 0.3 is 11.1 Å². The van der Waals surface area contributed by atoms with E-state index in [1.807, 2.05) is 30.7 Å². The molecule has 0 aliphatic rings. The predicted molar refractivity (Wildman–Crippen MR) is 76.0 cm³/mol. The van der Waals surface area contributed by atoms with Crippen molar-refractivity contribution >= 4 is 11.0 Å². The Morgan fingerprint density at radius 3 is 2.65 bits per heavy atom. The lowest BCUT2D eigenvalue weighted by atomic mass is 10.0. The molecule has 20 heavy (non-hydrogen) atoms. The average Bonchev–Trinajstić information content (AvgIpc) is 2.91. The first-order valence-electron chi connectivity index (χ1n) is 6.27. The number of hydrogen-bond acceptors (Lipinski definition) is 3. The summed E-state index contributed by atoms with van der Waals surface area (Å²) in [6, 6.07) is 1.87. The molecule has 0 aliphatic heterocycles. The second kappa shape index (κ2) is 4.48. The Hall–Kier alpha value is -2.63. The van der Waals surface area contributed by atoms with E-state index in [1.165, 1.54) is 0 Å². The highest BCUT2D eigenvalue weighted by molar-refractivity contribution is 5.80. The summed E-state index contributed by atoms with van der Waals surface area (Å²) in [6.45, 7) is 4.58. The highest BCUT2D eigenvalue weighted by Crippen LogP contribution is 2.22. The number of H-pyrrole nitrogens is 2. The van der Waals surface area contributed by atoms with Crippen LogP contribution < -0.4 is 11.1 Å². The minimum Gasteiger partial charge on any atom is -0.333 e. The zero-order valence-corrected chi connectivity index (χ0v) is 11.2. The van der Waals surface area contributed by atoms with E-state index in [0.29, 0.717) is 17.6 Å². The second-order valence-corrected chi connectivity index (χ2v) is 4.86. The van der Waals surface area contributed by atoms with Crippen LogP contribution in [-0.2, 0) is 6.54 Å². The van der Waals surface area contributed by atoms with Crippen molar-refractivity contribution in [2.45, 2.75) is 20.4 Å². The fraction of sp³-hybridized carbons (Fsp3) is 0.214. The molecule has 0 spiro atoms. The average molecular weight is 270 g/mol. The van der Waals surface area contributed by atoms with Gasteiger partial charge in [-0.2, -0.15) is 0 Å². The summed E-state index contributed by atoms with van der Waals surface area (Å²) in [6.07, 6.45) is 5.28. The van der Waals surface area contributed by atoms with Crippen molar-refractivity contribution in [1.29, 1.82) is 0 Å². The van der Waals surface area contributed by atoms with Gasteiger partial charge in [0.25, 0.3) is 0 Å². The molecule has 2 N–H and O–H groups in total. The molecule has 0 fully saturated rings. The van der Waals surface area contributed by atoms with E-state index in [0.717, 1.165) is 16.7 Å². The van der Waals surface area contributed by atoms with E-state index in [1.54, 1.807) is 12.5 Å². The van der Waals surface area contributed by atoms with Crippen LogP contribution in [0, 0.1) is 13.8 Å². The van der Waals surface area contributed by atoms with E-state index < -0.39 is 11.1 Å². The Labute approximate surface area is 114 Å². The number of fused-ring (bicyclic) bond motifs is 1. The van der Waals surface area contributed by atoms with Gasteiger partial charge in [-0.25, -0.2) is 4.98 Å². The molecule has 2 heterocycles. The van der Waals surface area contributed by atoms with Crippen LogP contribution in [0.5, 0.6) is 0 Å². The molecule has 0 saturated carbocycles. The first kappa shape index (κ1) is 12.4. The maximum Gasteiger partial charge on any atom is 0.314 e. The monoisotopic (exact) mass is 270 g/mol. The Balaban J connectivity index is 2.32. The Morgan fingerprint density at radius 1 is 1.20 bits per heavy atom. The number of nitrogens with one attached hydrogen (secondary N) is 2. The molecule has 102 valence electrons. The van der Waals surface area contributed by atoms with Crippen LogP contribution in [0.2, 0.25) is 0 Å². The van der Waals surface area contributed by atoms with Gasteiger partial charge in [0, 0.05) is 18.0 Å². The van der Waals surface area contributed by atoms with E-state index >= 15 is 0 Å². The van der Waals surface area contributed by atoms with Gasteiger partial charge in [-0.1, -0.05) is 0 Å². The molecule has 0 bridgehead atoms. The van der Waals surface area contributed by atoms with E-state index in [2.05, 4.69) is 15.0 Å². The molecule has 6 nitrogen and oxygen atoms in total. The minimum atomic E-state index is -0.632. The largest absolute Gasteiger partial charge is 0.333 e. The third-order valence-corrected chi connectivity index (χ3v) is 3.57. The Morgan fingerprint density at radius 2 is 1.95 bits per heavy atom. The molecule has 1 aromatic carbocycles. The van der Waals surface area contributed by atoms with Crippen LogP contribution in [0.15, 0.2) is 34.4 Å². The Kier molecular flexibility index (Phi) is 2.78. The lowest BCUT2D eigenvalue weighted by molar-refractivity contribution is 0.794. The van der Waals surface area contributed by atoms with Crippen molar-refractivity contribution in [2.75, 3.05) is 0 Å². The lowest BCUT2D eigenvalue weighted by Gasteiger charge is -2.13. The van der Waals surface area contributed by atoms with Crippen molar-refractivity contribution in [2.24, 2.45) is 0 Å². The summed E-state index contributed by atoms with van der Waals surface area (Å²) < 4.78 is 1.92. The fourth-order valence-corrected chi connectivity index (χ4v) is 2.34. The summed E-state index contributed by atoms with van der Waals surface area (Å²) in [7, 11) is 0. The third kappa shape index (κ3) is 1.95. The molecule has 0 amide bonds. The number of aromatic nitrogens is 4. The zero-order chi connectivity index (χ0) is 14.3. The minimum absolute atomic E-state index is 0.589. The van der Waals surface area contributed by atoms with Crippen LogP contribution in [0.4, 0.5) is 0 Å². The highest BCUT2D eigenvalue weighted by atomic mass is 16.2. The van der Waals surface area contributed by atoms with Crippen LogP contribution in [-0.4, -0.2) is 19.5 Å². The van der Waals surface area contributed by atoms with Crippen molar-refractivity contribution in [1.82, 2.24) is 19.5 Å². The summed E-state index contributed by atoms with van der Waals surface area (Å²) in [5, 5.41) is 0. The predicted octanol–water partition coefficient (Wildman–Crippen LogP) is 1.08. The molecule has 0 aliphatic carbocycles. The van der Waals surface area contributed by atoms with Gasteiger partial charge < -0.3 is 14.5 Å². The number of benzene rings is 1. The topological polar surface area (TPSA) is 83.5 Å². The number of imidazole rings is 1. The smallest absolute Gasteiger partial charge is 0.314 e. The quantitative estimate of drug-likeness (QED) is 0.683. The number of rotatable bonds is 2. The summed E-state index contributed by atoms with van der Waals surface area (Å²) >= 11 is 0. The molecule has 0 unspecified atom stereocenters. The molecule has 3 aromatic rings. The highest BCUT2D eigenvalue weighted by Gasteiger charge is 2.11. The van der Waals surface area contributed by atoms with E-state index in [4.69, 9.17) is 0 Å². The van der Waals surface area contributed by atoms with Gasteiger partial charge in [0.05, 0.1) is 23.9 Å². The van der Waals surface area contributed by atoms with Crippen molar-refractivity contribution in [3.8, 4) is 0 Å². The van der Waals surface area contributed by atoms with Gasteiger partial charge in [-0.3, -0.25) is 9.59 Å². The molecule has 0 saturated heterocycles. The molecular weight excluding hydrogens is 256 g/mol. The number of aryl methyl sites for hydroxylation is 1. The molecule has 0 atom stereocenters. The molecule has 0 radical (unpaired) electrons. The summed E-state index contributed by atoms with van der Waals surface area (Å²) in [5.74, 6) is 0. The standard InChI is InChI=1S/C14H14N4O2/c1-8-5-11-12(17-14(20)13(19)16-11)10(9(8)2)6-18-4-3-15-7-18/h3-5,7H,6H2,1-2H3,(H,16,19)(H,17,20). The number of hydrogen-bond donors (Lipinski definition) is 2. The maximum atomic E-state index is 11.6. The zero-order valence-electron chi connectivity index (χ0n) is 11.2. The van der Waals surface area contributed by atoms with E-state index in [9.17, 15) is 9.59 Å². The molecule has 2 aromatic heterocycles. The van der Waals surface area contributed by atoms with E-state index in [-0.39, 0.29) is 0 Å². The van der Waals surface area contributed by atoms with Gasteiger partial charge in [0.2, 0.25) is 0 Å². The van der Waals surface area contributed by atoms with Gasteiger partial charge in [-0.05, 0) is 31.0 Å². The lowest BCUT2D eigenvalue weighted by Crippen LogP contribution is -2.29. The van der Waals surface area contributed by atoms with Crippen LogP contribution in [0.1, 0.15) is 16.7 Å². The molecule has 6 heteroatoms. The summed E-state index contributed by atoms with van der Waals surface area (Å²) in [4.78, 5) is 32.3. The van der Waals surface area contributed by atoms with Crippen molar-refractivity contribution < 1.29 is 0 Å². The van der Waals surface area contributed by atoms with Crippen LogP contribution in [0.3, 0.4) is 0 Å².